The van der Waals surface area contributed by atoms with E-state index in [0.717, 1.165) is 33.4 Å². The summed E-state index contributed by atoms with van der Waals surface area (Å²) in [6.45, 7) is 39.3. The third kappa shape index (κ3) is 21.1. The molecule has 6 aromatic heterocycles. The Balaban J connectivity index is 0.0000130. The minimum absolute atomic E-state index is 0. The fourth-order valence-electron chi connectivity index (χ4n) is 14.4. The van der Waals surface area contributed by atoms with Crippen molar-refractivity contribution in [3.8, 4) is 154 Å². The molecule has 16 aromatic rings. The second kappa shape index (κ2) is 36.5. The maximum Gasteiger partial charge on any atom is 3.00 e. The van der Waals surface area contributed by atoms with Gasteiger partial charge in [0.1, 0.15) is 0 Å². The van der Waals surface area contributed by atoms with Crippen LogP contribution in [0.25, 0.3) is 136 Å². The molecular weight excluding hydrogens is 1790 g/mol. The minimum atomic E-state index is -0.900. The summed E-state index contributed by atoms with van der Waals surface area (Å²) in [5.41, 5.74) is 17.0. The monoisotopic (exact) mass is 1890 g/mol. The molecule has 18 nitrogen and oxygen atoms in total. The summed E-state index contributed by atoms with van der Waals surface area (Å²) in [6.07, 6.45) is 5.12. The zero-order valence-corrected chi connectivity index (χ0v) is 78.5. The molecule has 0 amide bonds. The Bertz CT molecular complexity index is 5920. The third-order valence-electron chi connectivity index (χ3n) is 22.5. The predicted molar refractivity (Wildman–Crippen MR) is 508 cm³/mol. The van der Waals surface area contributed by atoms with Gasteiger partial charge < -0.3 is 29.2 Å². The van der Waals surface area contributed by atoms with Crippen molar-refractivity contribution in [3.63, 3.8) is 0 Å². The van der Waals surface area contributed by atoms with Crippen LogP contribution in [0.4, 0.5) is 0 Å². The molecule has 19 heteroatoms. The molecule has 0 aliphatic carbocycles. The van der Waals surface area contributed by atoms with Crippen LogP contribution in [-0.4, -0.2) is 77.7 Å². The van der Waals surface area contributed by atoms with E-state index in [1.165, 1.54) is 69.8 Å². The molecule has 0 radical (unpaired) electrons. The number of pyridine rings is 3. The molecule has 0 spiro atoms. The van der Waals surface area contributed by atoms with Crippen molar-refractivity contribution < 1.29 is 48.7 Å². The van der Waals surface area contributed by atoms with Crippen LogP contribution in [0.5, 0.6) is 17.2 Å². The van der Waals surface area contributed by atoms with E-state index in [2.05, 4.69) is 216 Å². The van der Waals surface area contributed by atoms with Gasteiger partial charge in [0.15, 0.2) is 52.4 Å². The average molecular weight is 1890 g/mol. The molecule has 6 heterocycles. The molecule has 0 fully saturated rings. The molecule has 0 saturated carbocycles. The first kappa shape index (κ1) is 90.5. The van der Waals surface area contributed by atoms with E-state index in [4.69, 9.17) is 74.0 Å². The summed E-state index contributed by atoms with van der Waals surface area (Å²) < 4.78 is 17.9. The van der Waals surface area contributed by atoms with Crippen LogP contribution >= 0.6 is 0 Å². The van der Waals surface area contributed by atoms with Crippen molar-refractivity contribution in [2.24, 2.45) is 0 Å². The molecule has 0 bridgehead atoms. The van der Waals surface area contributed by atoms with Gasteiger partial charge in [-0.1, -0.05) is 307 Å². The van der Waals surface area contributed by atoms with Crippen LogP contribution in [0.1, 0.15) is 189 Å². The number of ether oxygens (including phenoxy) is 3. The first-order chi connectivity index (χ1) is 61.3. The number of hydrogen-bond acceptors (Lipinski definition) is 18. The van der Waals surface area contributed by atoms with Crippen LogP contribution in [0, 0.1) is 18.2 Å². The molecule has 10 aromatic carbocycles. The van der Waals surface area contributed by atoms with Gasteiger partial charge in [-0.3, -0.25) is 0 Å². The molecule has 0 aliphatic heterocycles. The van der Waals surface area contributed by atoms with Gasteiger partial charge >= 0.3 is 38.0 Å². The summed E-state index contributed by atoms with van der Waals surface area (Å²) in [5.74, 6) is 2.13. The Kier molecular flexibility index (Phi) is 25.4. The normalized spacial score (nSPS) is 12.0. The third-order valence-corrected chi connectivity index (χ3v) is 22.5. The topological polar surface area (TPSA) is 234 Å². The Hall–Kier alpha value is -14.3. The zero-order valence-electron chi connectivity index (χ0n) is 76.1. The maximum atomic E-state index is 14.5. The zero-order chi connectivity index (χ0) is 91.1. The van der Waals surface area contributed by atoms with E-state index in [9.17, 15) is 14.4 Å². The van der Waals surface area contributed by atoms with Crippen molar-refractivity contribution in [1.82, 2.24) is 59.8 Å². The molecule has 16 rings (SSSR count). The fraction of sp³-hybridized carbons (Fsp3) is 0.216. The number of carbonyl (C=O) groups excluding carboxylic acids is 3. The van der Waals surface area contributed by atoms with Crippen LogP contribution in [0.2, 0.25) is 0 Å². The van der Waals surface area contributed by atoms with Gasteiger partial charge in [-0.05, 0) is 101 Å². The number of carbonyl (C=O) groups is 3. The Morgan fingerprint density at radius 3 is 0.538 bits per heavy atom. The van der Waals surface area contributed by atoms with Gasteiger partial charge in [-0.2, -0.15) is 0 Å². The van der Waals surface area contributed by atoms with Gasteiger partial charge in [0.05, 0.1) is 16.7 Å². The standard InChI is InChI=1S/C111H99N12O6.Ir/c1-106(2,3)82-40-19-70(20-41-82)94-115-95(71-21-42-83(43-22-71)107(4,5)6)119-100(118-94)76-37-58-91(112-64-76)67-31-52-88(53-32-67)127-103(124)79-61-80(104(125)128-89-54-33-68(34-55-89)92-59-38-77(65-113-92)101-120-96(72-23-44-84(45-24-72)108(7,8)9)116-97(121-101)73-25-46-85(47-26-73)109(10,11)12)63-81(62-79)105(126)129-90-56-35-69(36-57-90)93-60-39-78(66-114-93)102-122-98(74-27-48-86(49-28-74)110(13,14)15)117-99(123-102)75-29-50-87(51-30-75)111(16,17)18;/h19-31,33,35,37-66H,1-18H3;/q-3;+3. The SMILES string of the molecule is CC(C)(C)c1ccc(-c2nc(-c3ccc(C(C)(C)C)cc3)nc(-c3ccc(-c4[c-]cc(OC(=O)c5cc(C(=O)Oc6c[c-]c(-c7ccc(-c8nc(-c9ccc(C(C)(C)C)cc9)nc(-c9ccc(C(C)(C)C)cc9)n8)cn7)cc6)cc(C(=O)Oc6c[c-]c(-c7ccc(-c8nc(-c9ccc(C(C)(C)C)cc9)nc(-c9ccc(C(C)(C)C)cc9)n8)cn7)cc6)c5)cc4)nc3)n2)cc1.[Ir+3]. The quantitative estimate of drug-likeness (QED) is 0.0441. The summed E-state index contributed by atoms with van der Waals surface area (Å²) in [4.78, 5) is 103. The van der Waals surface area contributed by atoms with Crippen molar-refractivity contribution >= 4 is 17.9 Å². The van der Waals surface area contributed by atoms with E-state index >= 15 is 0 Å². The molecule has 0 atom stereocenters. The number of nitrogens with zero attached hydrogens (tertiary/aromatic N) is 12. The molecule has 0 N–H and O–H groups in total. The molecule has 648 valence electrons. The van der Waals surface area contributed by atoms with Crippen LogP contribution in [-0.2, 0) is 52.6 Å². The van der Waals surface area contributed by atoms with E-state index in [0.29, 0.717) is 103 Å². The van der Waals surface area contributed by atoms with Crippen molar-refractivity contribution in [2.45, 2.75) is 157 Å². The van der Waals surface area contributed by atoms with E-state index in [1.54, 1.807) is 55.0 Å². The number of aromatic nitrogens is 12. The second-order valence-corrected chi connectivity index (χ2v) is 38.5. The molecule has 0 aliphatic rings. The first-order valence-electron chi connectivity index (χ1n) is 43.0. The van der Waals surface area contributed by atoms with Crippen molar-refractivity contribution in [2.75, 3.05) is 0 Å². The predicted octanol–water partition coefficient (Wildman–Crippen LogP) is 25.3. The molecular formula is C111H99IrN12O6. The van der Waals surface area contributed by atoms with Gasteiger partial charge in [0.25, 0.3) is 0 Å². The second-order valence-electron chi connectivity index (χ2n) is 38.5. The summed E-state index contributed by atoms with van der Waals surface area (Å²) >= 11 is 0. The number of rotatable bonds is 18. The largest absolute Gasteiger partial charge is 3.00 e. The number of esters is 3. The van der Waals surface area contributed by atoms with E-state index in [1.807, 2.05) is 109 Å². The maximum absolute atomic E-state index is 14.5. The van der Waals surface area contributed by atoms with Gasteiger partial charge in [0.2, 0.25) is 0 Å². The Morgan fingerprint density at radius 2 is 0.392 bits per heavy atom. The number of benzene rings is 10. The first-order valence-corrected chi connectivity index (χ1v) is 43.0. The minimum Gasteiger partial charge on any atom is -0.471 e. The van der Waals surface area contributed by atoms with Gasteiger partial charge in [-0.25, -0.2) is 59.2 Å². The van der Waals surface area contributed by atoms with Gasteiger partial charge in [-0.15, -0.1) is 89.5 Å². The van der Waals surface area contributed by atoms with Gasteiger partial charge in [0, 0.05) is 85.9 Å². The van der Waals surface area contributed by atoms with Crippen LogP contribution in [0.15, 0.2) is 273 Å². The average Bonchev–Trinajstić information content (AvgIpc) is 0.798. The van der Waals surface area contributed by atoms with E-state index < -0.39 is 17.9 Å². The number of hydrogen-bond donors (Lipinski definition) is 0. The Morgan fingerprint density at radius 1 is 0.223 bits per heavy atom. The van der Waals surface area contributed by atoms with Crippen LogP contribution < -0.4 is 14.2 Å². The van der Waals surface area contributed by atoms with Crippen molar-refractivity contribution in [1.29, 1.82) is 0 Å². The van der Waals surface area contributed by atoms with E-state index in [-0.39, 0.29) is 86.5 Å². The summed E-state index contributed by atoms with van der Waals surface area (Å²) in [7, 11) is 0. The smallest absolute Gasteiger partial charge is 0.471 e. The summed E-state index contributed by atoms with van der Waals surface area (Å²) in [5, 5.41) is 0. The molecule has 0 saturated heterocycles. The summed E-state index contributed by atoms with van der Waals surface area (Å²) in [6, 6.07) is 89.1. The van der Waals surface area contributed by atoms with Crippen LogP contribution in [0.3, 0.4) is 0 Å². The molecule has 0 unspecified atom stereocenters. The van der Waals surface area contributed by atoms with Crippen molar-refractivity contribution in [3.05, 3.63) is 342 Å². The molecule has 130 heavy (non-hydrogen) atoms. The Labute approximate surface area is 773 Å². The fourth-order valence-corrected chi connectivity index (χ4v) is 14.4.